The summed E-state index contributed by atoms with van der Waals surface area (Å²) in [4.78, 5) is 25.3. The Bertz CT molecular complexity index is 558. The van der Waals surface area contributed by atoms with E-state index in [1.54, 1.807) is 13.8 Å². The third-order valence-electron chi connectivity index (χ3n) is 3.69. The molecule has 0 radical (unpaired) electrons. The van der Waals surface area contributed by atoms with Crippen molar-refractivity contribution in [1.82, 2.24) is 4.90 Å². The lowest BCUT2D eigenvalue weighted by molar-refractivity contribution is -0.149. The molecule has 2 rings (SSSR count). The SMILES string of the molecule is CCOC(=O)C1CCN(Cc2oc(C)cc(=O)c2O)CC1. The Balaban J connectivity index is 1.95. The number of likely N-dealkylation sites (tertiary alicyclic amines) is 1. The van der Waals surface area contributed by atoms with Crippen LogP contribution in [0.2, 0.25) is 0 Å². The summed E-state index contributed by atoms with van der Waals surface area (Å²) in [6.45, 7) is 5.67. The maximum atomic E-state index is 11.7. The van der Waals surface area contributed by atoms with Gasteiger partial charge >= 0.3 is 5.97 Å². The average molecular weight is 295 g/mol. The van der Waals surface area contributed by atoms with Crippen LogP contribution in [0.5, 0.6) is 5.75 Å². The molecule has 6 heteroatoms. The molecule has 116 valence electrons. The number of ether oxygens (including phenoxy) is 1. The maximum absolute atomic E-state index is 11.7. The Hall–Kier alpha value is -1.82. The molecule has 0 saturated carbocycles. The summed E-state index contributed by atoms with van der Waals surface area (Å²) >= 11 is 0. The highest BCUT2D eigenvalue weighted by atomic mass is 16.5. The smallest absolute Gasteiger partial charge is 0.309 e. The third-order valence-corrected chi connectivity index (χ3v) is 3.69. The van der Waals surface area contributed by atoms with E-state index in [0.717, 1.165) is 12.8 Å². The van der Waals surface area contributed by atoms with Crippen LogP contribution in [0.1, 0.15) is 31.3 Å². The van der Waals surface area contributed by atoms with E-state index in [9.17, 15) is 14.7 Å². The van der Waals surface area contributed by atoms with Gasteiger partial charge in [-0.3, -0.25) is 14.5 Å². The molecule has 0 aliphatic carbocycles. The minimum Gasteiger partial charge on any atom is -0.502 e. The predicted octanol–water partition coefficient (Wildman–Crippen LogP) is 1.43. The number of piperidine rings is 1. The van der Waals surface area contributed by atoms with Crippen molar-refractivity contribution in [3.05, 3.63) is 27.8 Å². The summed E-state index contributed by atoms with van der Waals surface area (Å²) in [7, 11) is 0. The van der Waals surface area contributed by atoms with Gasteiger partial charge in [0.2, 0.25) is 11.2 Å². The van der Waals surface area contributed by atoms with E-state index in [1.165, 1.54) is 6.07 Å². The molecule has 6 nitrogen and oxygen atoms in total. The molecule has 0 bridgehead atoms. The largest absolute Gasteiger partial charge is 0.502 e. The number of hydrogen-bond acceptors (Lipinski definition) is 6. The molecule has 1 aromatic heterocycles. The van der Waals surface area contributed by atoms with Crippen LogP contribution in [0, 0.1) is 12.8 Å². The molecule has 1 aromatic rings. The lowest BCUT2D eigenvalue weighted by Crippen LogP contribution is -2.36. The first-order valence-electron chi connectivity index (χ1n) is 7.22. The van der Waals surface area contributed by atoms with E-state index >= 15 is 0 Å². The van der Waals surface area contributed by atoms with Crippen molar-refractivity contribution in [2.45, 2.75) is 33.2 Å². The number of nitrogens with zero attached hydrogens (tertiary/aromatic N) is 1. The molecular formula is C15H21NO5. The van der Waals surface area contributed by atoms with Gasteiger partial charge in [0.15, 0.2) is 5.76 Å². The minimum absolute atomic E-state index is 0.0562. The van der Waals surface area contributed by atoms with Gasteiger partial charge in [0, 0.05) is 6.07 Å². The van der Waals surface area contributed by atoms with Gasteiger partial charge in [-0.1, -0.05) is 0 Å². The first kappa shape index (κ1) is 15.6. The quantitative estimate of drug-likeness (QED) is 0.846. The number of esters is 1. The van der Waals surface area contributed by atoms with E-state index in [1.807, 2.05) is 0 Å². The van der Waals surface area contributed by atoms with Crippen molar-refractivity contribution in [3.8, 4) is 5.75 Å². The monoisotopic (exact) mass is 295 g/mol. The summed E-state index contributed by atoms with van der Waals surface area (Å²) in [6, 6.07) is 1.27. The van der Waals surface area contributed by atoms with Gasteiger partial charge in [-0.25, -0.2) is 0 Å². The molecule has 21 heavy (non-hydrogen) atoms. The second-order valence-corrected chi connectivity index (χ2v) is 5.30. The van der Waals surface area contributed by atoms with Crippen LogP contribution in [0.4, 0.5) is 0 Å². The van der Waals surface area contributed by atoms with Crippen molar-refractivity contribution in [3.63, 3.8) is 0 Å². The van der Waals surface area contributed by atoms with Crippen LogP contribution in [0.3, 0.4) is 0 Å². The number of aromatic hydroxyl groups is 1. The minimum atomic E-state index is -0.421. The fourth-order valence-corrected chi connectivity index (χ4v) is 2.56. The lowest BCUT2D eigenvalue weighted by atomic mass is 9.97. The zero-order valence-electron chi connectivity index (χ0n) is 12.4. The Morgan fingerprint density at radius 3 is 2.76 bits per heavy atom. The number of carbonyl (C=O) groups is 1. The van der Waals surface area contributed by atoms with E-state index in [0.29, 0.717) is 32.0 Å². The summed E-state index contributed by atoms with van der Waals surface area (Å²) in [5.41, 5.74) is -0.421. The molecule has 1 fully saturated rings. The van der Waals surface area contributed by atoms with Gasteiger partial charge in [-0.05, 0) is 39.8 Å². The Morgan fingerprint density at radius 2 is 2.14 bits per heavy atom. The highest BCUT2D eigenvalue weighted by Crippen LogP contribution is 2.22. The number of rotatable bonds is 4. The maximum Gasteiger partial charge on any atom is 0.309 e. The van der Waals surface area contributed by atoms with Gasteiger partial charge in [-0.2, -0.15) is 0 Å². The first-order valence-corrected chi connectivity index (χ1v) is 7.22. The molecule has 0 unspecified atom stereocenters. The molecule has 1 aliphatic heterocycles. The Kier molecular flexibility index (Phi) is 5.01. The molecule has 2 heterocycles. The average Bonchev–Trinajstić information content (AvgIpc) is 2.45. The molecule has 0 atom stereocenters. The van der Waals surface area contributed by atoms with Gasteiger partial charge < -0.3 is 14.3 Å². The molecule has 0 aromatic carbocycles. The Morgan fingerprint density at radius 1 is 1.48 bits per heavy atom. The zero-order chi connectivity index (χ0) is 15.4. The van der Waals surface area contributed by atoms with Crippen LogP contribution in [0.15, 0.2) is 15.3 Å². The van der Waals surface area contributed by atoms with Crippen molar-refractivity contribution in [2.75, 3.05) is 19.7 Å². The van der Waals surface area contributed by atoms with Crippen molar-refractivity contribution >= 4 is 5.97 Å². The number of carbonyl (C=O) groups excluding carboxylic acids is 1. The molecule has 1 aliphatic rings. The molecule has 1 saturated heterocycles. The molecule has 1 N–H and O–H groups in total. The van der Waals surface area contributed by atoms with Crippen molar-refractivity contribution < 1.29 is 19.1 Å². The van der Waals surface area contributed by atoms with E-state index in [-0.39, 0.29) is 23.4 Å². The second kappa shape index (κ2) is 6.76. The van der Waals surface area contributed by atoms with Crippen LogP contribution < -0.4 is 5.43 Å². The topological polar surface area (TPSA) is 80.0 Å². The first-order chi connectivity index (χ1) is 10.0. The van der Waals surface area contributed by atoms with Crippen LogP contribution in [-0.4, -0.2) is 35.7 Å². The Labute approximate surface area is 123 Å². The molecule has 0 amide bonds. The van der Waals surface area contributed by atoms with Crippen molar-refractivity contribution in [2.24, 2.45) is 5.92 Å². The summed E-state index contributed by atoms with van der Waals surface area (Å²) in [5.74, 6) is 0.248. The van der Waals surface area contributed by atoms with Gasteiger partial charge in [0.1, 0.15) is 5.76 Å². The predicted molar refractivity (Wildman–Crippen MR) is 76.0 cm³/mol. The molecular weight excluding hydrogens is 274 g/mol. The summed E-state index contributed by atoms with van der Waals surface area (Å²) in [5, 5.41) is 9.76. The van der Waals surface area contributed by atoms with E-state index in [4.69, 9.17) is 9.15 Å². The van der Waals surface area contributed by atoms with Gasteiger partial charge in [0.05, 0.1) is 19.1 Å². The van der Waals surface area contributed by atoms with Crippen molar-refractivity contribution in [1.29, 1.82) is 0 Å². The highest BCUT2D eigenvalue weighted by Gasteiger charge is 2.27. The number of hydrogen-bond donors (Lipinski definition) is 1. The summed E-state index contributed by atoms with van der Waals surface area (Å²) < 4.78 is 10.4. The third kappa shape index (κ3) is 3.85. The summed E-state index contributed by atoms with van der Waals surface area (Å²) in [6.07, 6.45) is 1.44. The fraction of sp³-hybridized carbons (Fsp3) is 0.600. The number of aryl methyl sites for hydroxylation is 1. The second-order valence-electron chi connectivity index (χ2n) is 5.30. The standard InChI is InChI=1S/C15H21NO5/c1-3-20-15(19)11-4-6-16(7-5-11)9-13-14(18)12(17)8-10(2)21-13/h8,11,18H,3-7,9H2,1-2H3. The van der Waals surface area contributed by atoms with E-state index in [2.05, 4.69) is 4.90 Å². The van der Waals surface area contributed by atoms with Gasteiger partial charge in [0.25, 0.3) is 0 Å². The van der Waals surface area contributed by atoms with Crippen LogP contribution >= 0.6 is 0 Å². The lowest BCUT2D eigenvalue weighted by Gasteiger charge is -2.30. The van der Waals surface area contributed by atoms with E-state index < -0.39 is 5.43 Å². The zero-order valence-corrected chi connectivity index (χ0v) is 12.4. The highest BCUT2D eigenvalue weighted by molar-refractivity contribution is 5.72. The van der Waals surface area contributed by atoms with Crippen LogP contribution in [-0.2, 0) is 16.1 Å². The van der Waals surface area contributed by atoms with Crippen LogP contribution in [0.25, 0.3) is 0 Å². The normalized spacial score (nSPS) is 16.9. The fourth-order valence-electron chi connectivity index (χ4n) is 2.56. The molecule has 0 spiro atoms. The van der Waals surface area contributed by atoms with Gasteiger partial charge in [-0.15, -0.1) is 0 Å².